The van der Waals surface area contributed by atoms with Crippen LogP contribution >= 0.6 is 23.0 Å². The second kappa shape index (κ2) is 8.90. The molecular formula is C26H21IO8S. The van der Waals surface area contributed by atoms with Gasteiger partial charge < -0.3 is 14.4 Å². The monoisotopic (exact) mass is 620 g/mol. The molecule has 1 saturated carbocycles. The van der Waals surface area contributed by atoms with Crippen molar-refractivity contribution < 1.29 is 35.5 Å². The van der Waals surface area contributed by atoms with Gasteiger partial charge in [-0.3, -0.25) is 12.7 Å². The third-order valence-electron chi connectivity index (χ3n) is 7.22. The summed E-state index contributed by atoms with van der Waals surface area (Å²) in [5, 5.41) is 22.3. The van der Waals surface area contributed by atoms with Crippen molar-refractivity contribution in [3.05, 3.63) is 69.4 Å². The van der Waals surface area contributed by atoms with Crippen molar-refractivity contribution >= 4 is 50.4 Å². The SMILES string of the molecule is C#CC1=C(O)[C@@]2(OI)C(=O)C3=C(O)c4c(cccc4OS(=O)(=O)C4=CCCC=C4)C[C@H]3C[C@H]2CC1=O. The predicted octanol–water partition coefficient (Wildman–Crippen LogP) is 4.18. The third kappa shape index (κ3) is 3.55. The number of terminal acetylenes is 1. The summed E-state index contributed by atoms with van der Waals surface area (Å²) >= 11 is 1.50. The highest BCUT2D eigenvalue weighted by Crippen LogP contribution is 2.54. The Kier molecular flexibility index (Phi) is 6.13. The van der Waals surface area contributed by atoms with Crippen LogP contribution in [0.4, 0.5) is 0 Å². The fraction of sp³-hybridized carbons (Fsp3) is 0.308. The molecule has 0 amide bonds. The average molecular weight is 620 g/mol. The minimum Gasteiger partial charge on any atom is -0.507 e. The molecule has 10 heteroatoms. The summed E-state index contributed by atoms with van der Waals surface area (Å²) in [7, 11) is -4.17. The molecule has 4 aliphatic carbocycles. The number of benzene rings is 1. The molecule has 0 aromatic heterocycles. The molecule has 0 unspecified atom stereocenters. The van der Waals surface area contributed by atoms with Crippen LogP contribution in [0.2, 0.25) is 0 Å². The Morgan fingerprint density at radius 1 is 1.17 bits per heavy atom. The van der Waals surface area contributed by atoms with Crippen LogP contribution in [0.5, 0.6) is 5.75 Å². The summed E-state index contributed by atoms with van der Waals surface area (Å²) in [6.45, 7) is 0. The summed E-state index contributed by atoms with van der Waals surface area (Å²) in [6.07, 6.45) is 12.0. The largest absolute Gasteiger partial charge is 0.507 e. The standard InChI is InChI=1S/C26H21IO8S/c1-2-18-19(28)13-16-12-15-11-14-7-6-10-20(34-36(32,33)17-8-4-3-5-9-17)21(14)23(29)22(15)25(31)26(16,35-27)24(18)30/h1,4,6-10,15-16,29-30H,3,5,11-13H2/t15-,16-,26+/m0/s1. The van der Waals surface area contributed by atoms with Crippen molar-refractivity contribution in [3.8, 4) is 18.1 Å². The van der Waals surface area contributed by atoms with Gasteiger partial charge in [-0.1, -0.05) is 30.2 Å². The van der Waals surface area contributed by atoms with Gasteiger partial charge in [-0.05, 0) is 49.3 Å². The minimum absolute atomic E-state index is 0.0158. The van der Waals surface area contributed by atoms with Gasteiger partial charge in [0.1, 0.15) is 39.2 Å². The maximum absolute atomic E-state index is 13.9. The Labute approximate surface area is 222 Å². The number of hydrogen-bond donors (Lipinski definition) is 2. The molecule has 1 fully saturated rings. The average Bonchev–Trinajstić information content (AvgIpc) is 2.84. The number of halogens is 1. The second-order valence-corrected chi connectivity index (χ2v) is 11.1. The number of aliphatic hydroxyl groups is 2. The molecule has 0 saturated heterocycles. The van der Waals surface area contributed by atoms with E-state index >= 15 is 0 Å². The van der Waals surface area contributed by atoms with Crippen LogP contribution in [-0.4, -0.2) is 35.8 Å². The van der Waals surface area contributed by atoms with E-state index in [-0.39, 0.29) is 40.2 Å². The number of rotatable bonds is 4. The van der Waals surface area contributed by atoms with Crippen molar-refractivity contribution in [1.29, 1.82) is 0 Å². The van der Waals surface area contributed by atoms with Crippen molar-refractivity contribution in [2.75, 3.05) is 0 Å². The first-order chi connectivity index (χ1) is 17.2. The van der Waals surface area contributed by atoms with Crippen molar-refractivity contribution in [2.24, 2.45) is 11.8 Å². The lowest BCUT2D eigenvalue weighted by Gasteiger charge is -2.47. The van der Waals surface area contributed by atoms with Crippen LogP contribution in [0, 0.1) is 24.2 Å². The van der Waals surface area contributed by atoms with E-state index in [9.17, 15) is 28.2 Å². The number of Topliss-reactive ketones (excluding diaryl/α,β-unsaturated/α-hetero) is 2. The lowest BCUT2D eigenvalue weighted by molar-refractivity contribution is -0.139. The summed E-state index contributed by atoms with van der Waals surface area (Å²) in [4.78, 5) is 26.4. The van der Waals surface area contributed by atoms with E-state index in [1.54, 1.807) is 24.3 Å². The molecule has 5 rings (SSSR count). The lowest BCUT2D eigenvalue weighted by atomic mass is 9.59. The molecular weight excluding hydrogens is 599 g/mol. The molecule has 1 aromatic rings. The van der Waals surface area contributed by atoms with Gasteiger partial charge in [0.15, 0.2) is 17.3 Å². The Morgan fingerprint density at radius 2 is 1.94 bits per heavy atom. The second-order valence-electron chi connectivity index (χ2n) is 9.15. The zero-order valence-corrected chi connectivity index (χ0v) is 21.8. The Balaban J connectivity index is 1.64. The molecule has 3 atom stereocenters. The maximum atomic E-state index is 13.9. The van der Waals surface area contributed by atoms with Crippen LogP contribution in [0.25, 0.3) is 5.76 Å². The topological polar surface area (TPSA) is 127 Å². The number of aliphatic hydroxyl groups excluding tert-OH is 2. The number of allylic oxidation sites excluding steroid dienone is 4. The van der Waals surface area contributed by atoms with Gasteiger partial charge in [-0.15, -0.1) is 6.42 Å². The quantitative estimate of drug-likeness (QED) is 0.292. The highest BCUT2D eigenvalue weighted by Gasteiger charge is 2.61. The Bertz CT molecular complexity index is 1470. The van der Waals surface area contributed by atoms with Crippen LogP contribution in [0.1, 0.15) is 36.8 Å². The Hall–Kier alpha value is -2.88. The van der Waals surface area contributed by atoms with Crippen LogP contribution < -0.4 is 4.18 Å². The van der Waals surface area contributed by atoms with Gasteiger partial charge in [0.05, 0.1) is 5.56 Å². The molecule has 0 spiro atoms. The van der Waals surface area contributed by atoms with Crippen molar-refractivity contribution in [2.45, 2.75) is 37.7 Å². The normalized spacial score (nSPS) is 27.6. The molecule has 2 N–H and O–H groups in total. The zero-order valence-electron chi connectivity index (χ0n) is 18.9. The molecule has 1 aromatic carbocycles. The minimum atomic E-state index is -4.17. The van der Waals surface area contributed by atoms with E-state index in [1.807, 2.05) is 0 Å². The Morgan fingerprint density at radius 3 is 2.61 bits per heavy atom. The van der Waals surface area contributed by atoms with E-state index < -0.39 is 50.6 Å². The zero-order chi connectivity index (χ0) is 25.8. The molecule has 0 aliphatic heterocycles. The fourth-order valence-electron chi connectivity index (χ4n) is 5.57. The summed E-state index contributed by atoms with van der Waals surface area (Å²) in [6, 6.07) is 4.75. The van der Waals surface area contributed by atoms with E-state index in [1.165, 1.54) is 35.1 Å². The molecule has 8 nitrogen and oxygen atoms in total. The van der Waals surface area contributed by atoms with E-state index in [0.717, 1.165) is 6.42 Å². The maximum Gasteiger partial charge on any atom is 0.338 e. The summed E-state index contributed by atoms with van der Waals surface area (Å²) in [5.74, 6) is -1.36. The van der Waals surface area contributed by atoms with E-state index in [4.69, 9.17) is 13.7 Å². The van der Waals surface area contributed by atoms with Gasteiger partial charge in [-0.2, -0.15) is 8.42 Å². The fourth-order valence-corrected chi connectivity index (χ4v) is 7.39. The number of hydrogen-bond acceptors (Lipinski definition) is 8. The first-order valence-corrected chi connectivity index (χ1v) is 13.6. The van der Waals surface area contributed by atoms with Gasteiger partial charge >= 0.3 is 10.1 Å². The highest BCUT2D eigenvalue weighted by atomic mass is 127. The smallest absolute Gasteiger partial charge is 0.338 e. The molecule has 36 heavy (non-hydrogen) atoms. The van der Waals surface area contributed by atoms with Gasteiger partial charge in [0, 0.05) is 17.9 Å². The summed E-state index contributed by atoms with van der Waals surface area (Å²) in [5.41, 5.74) is -1.57. The van der Waals surface area contributed by atoms with Gasteiger partial charge in [0.2, 0.25) is 11.4 Å². The summed E-state index contributed by atoms with van der Waals surface area (Å²) < 4.78 is 36.8. The molecule has 4 aliphatic rings. The first kappa shape index (κ1) is 24.8. The van der Waals surface area contributed by atoms with E-state index in [2.05, 4.69) is 5.92 Å². The van der Waals surface area contributed by atoms with Crippen LogP contribution in [0.3, 0.4) is 0 Å². The molecule has 186 valence electrons. The number of carbonyl (C=O) groups is 2. The van der Waals surface area contributed by atoms with E-state index in [0.29, 0.717) is 18.4 Å². The first-order valence-electron chi connectivity index (χ1n) is 11.3. The molecule has 0 heterocycles. The number of fused-ring (bicyclic) bond motifs is 3. The van der Waals surface area contributed by atoms with Crippen molar-refractivity contribution in [1.82, 2.24) is 0 Å². The van der Waals surface area contributed by atoms with Gasteiger partial charge in [0.25, 0.3) is 0 Å². The third-order valence-corrected chi connectivity index (χ3v) is 9.19. The van der Waals surface area contributed by atoms with Crippen molar-refractivity contribution in [3.63, 3.8) is 0 Å². The van der Waals surface area contributed by atoms with Crippen LogP contribution in [0.15, 0.2) is 58.2 Å². The predicted molar refractivity (Wildman–Crippen MR) is 138 cm³/mol. The lowest BCUT2D eigenvalue weighted by Crippen LogP contribution is -2.57. The molecule has 0 bridgehead atoms. The molecule has 0 radical (unpaired) electrons. The number of ketones is 2. The highest BCUT2D eigenvalue weighted by molar-refractivity contribution is 14.1. The van der Waals surface area contributed by atoms with Crippen LogP contribution in [-0.2, 0) is 29.2 Å². The van der Waals surface area contributed by atoms with Gasteiger partial charge in [-0.25, -0.2) is 0 Å². The number of carbonyl (C=O) groups excluding carboxylic acids is 2.